The van der Waals surface area contributed by atoms with Gasteiger partial charge >= 0.3 is 0 Å². The Morgan fingerprint density at radius 2 is 1.70 bits per heavy atom. The van der Waals surface area contributed by atoms with Crippen molar-refractivity contribution in [2.24, 2.45) is 11.1 Å². The number of benzene rings is 1. The second kappa shape index (κ2) is 13.1. The molecular weight excluding hydrogens is 481 g/mol. The largest absolute Gasteiger partial charge is 0.497 e. The third-order valence-corrected chi connectivity index (χ3v) is 5.36. The highest BCUT2D eigenvalue weighted by molar-refractivity contribution is 5.98. The number of rotatable bonds is 13. The quantitative estimate of drug-likeness (QED) is 0.313. The zero-order chi connectivity index (χ0) is 27.8. The van der Waals surface area contributed by atoms with Crippen molar-refractivity contribution in [1.82, 2.24) is 10.3 Å². The van der Waals surface area contributed by atoms with Gasteiger partial charge in [0.1, 0.15) is 17.3 Å². The average Bonchev–Trinajstić information content (AvgIpc) is 2.81. The normalized spacial score (nSPS) is 12.9. The van der Waals surface area contributed by atoms with Crippen LogP contribution in [0, 0.1) is 11.2 Å². The predicted molar refractivity (Wildman–Crippen MR) is 141 cm³/mol. The van der Waals surface area contributed by atoms with E-state index in [0.717, 1.165) is 6.07 Å². The molecule has 1 aromatic heterocycles. The first-order chi connectivity index (χ1) is 17.4. The summed E-state index contributed by atoms with van der Waals surface area (Å²) < 4.78 is 31.2. The number of nitrogens with zero attached hydrogens (tertiary/aromatic N) is 1. The van der Waals surface area contributed by atoms with Crippen molar-refractivity contribution in [1.29, 1.82) is 0 Å². The van der Waals surface area contributed by atoms with Crippen LogP contribution in [0.2, 0.25) is 0 Å². The number of carbonyl (C=O) groups excluding carboxylic acids is 2. The van der Waals surface area contributed by atoms with E-state index in [-0.39, 0.29) is 35.1 Å². The van der Waals surface area contributed by atoms with Gasteiger partial charge in [0.15, 0.2) is 11.6 Å². The number of nitrogens with one attached hydrogen (secondary N) is 3. The summed E-state index contributed by atoms with van der Waals surface area (Å²) in [4.78, 5) is 28.9. The number of nitrogens with two attached hydrogens (primary N) is 1. The van der Waals surface area contributed by atoms with Crippen LogP contribution in [-0.2, 0) is 9.53 Å². The molecule has 0 aliphatic carbocycles. The van der Waals surface area contributed by atoms with Gasteiger partial charge in [0.05, 0.1) is 32.4 Å². The first-order valence-electron chi connectivity index (χ1n) is 12.0. The fourth-order valence-corrected chi connectivity index (χ4v) is 3.51. The van der Waals surface area contributed by atoms with Gasteiger partial charge in [-0.25, -0.2) is 9.37 Å². The Kier molecular flexibility index (Phi) is 10.5. The molecule has 2 rings (SSSR count). The molecule has 204 valence electrons. The minimum absolute atomic E-state index is 0.0336. The summed E-state index contributed by atoms with van der Waals surface area (Å²) in [6.45, 7) is 10.2. The molecule has 1 unspecified atom stereocenters. The molecule has 1 heterocycles. The van der Waals surface area contributed by atoms with Crippen LogP contribution in [0.1, 0.15) is 51.4 Å². The SMILES string of the molecule is CCOCC(Nc1nc(Nc2cc(OC)cc(OC)c2)c(C(N)=O)cc1F)[C@H](C)NC(=O)CC(C)(C)C. The Balaban J connectivity index is 2.39. The molecule has 0 saturated heterocycles. The monoisotopic (exact) mass is 519 g/mol. The third kappa shape index (κ3) is 9.09. The smallest absolute Gasteiger partial charge is 0.252 e. The third-order valence-electron chi connectivity index (χ3n) is 5.36. The van der Waals surface area contributed by atoms with Crippen LogP contribution in [0.15, 0.2) is 24.3 Å². The van der Waals surface area contributed by atoms with E-state index in [9.17, 15) is 9.59 Å². The summed E-state index contributed by atoms with van der Waals surface area (Å²) in [6.07, 6.45) is 0.330. The Bertz CT molecular complexity index is 1070. The first kappa shape index (κ1) is 29.6. The molecule has 11 heteroatoms. The summed E-state index contributed by atoms with van der Waals surface area (Å²) in [5, 5.41) is 8.96. The number of hydrogen-bond donors (Lipinski definition) is 4. The molecule has 0 aliphatic rings. The van der Waals surface area contributed by atoms with Crippen molar-refractivity contribution in [3.63, 3.8) is 0 Å². The highest BCUT2D eigenvalue weighted by Crippen LogP contribution is 2.30. The molecule has 5 N–H and O–H groups in total. The van der Waals surface area contributed by atoms with Crippen molar-refractivity contribution < 1.29 is 28.2 Å². The summed E-state index contributed by atoms with van der Waals surface area (Å²) in [5.41, 5.74) is 5.65. The van der Waals surface area contributed by atoms with Crippen LogP contribution in [0.25, 0.3) is 0 Å². The van der Waals surface area contributed by atoms with Crippen LogP contribution < -0.4 is 31.2 Å². The second-order valence-corrected chi connectivity index (χ2v) is 9.81. The fourth-order valence-electron chi connectivity index (χ4n) is 3.51. The average molecular weight is 520 g/mol. The Morgan fingerprint density at radius 3 is 2.22 bits per heavy atom. The maximum absolute atomic E-state index is 15.1. The molecule has 0 spiro atoms. The highest BCUT2D eigenvalue weighted by Gasteiger charge is 2.25. The van der Waals surface area contributed by atoms with Gasteiger partial charge in [-0.15, -0.1) is 0 Å². The van der Waals surface area contributed by atoms with Gasteiger partial charge in [0.25, 0.3) is 5.91 Å². The predicted octanol–water partition coefficient (Wildman–Crippen LogP) is 3.84. The maximum atomic E-state index is 15.1. The number of halogens is 1. The lowest BCUT2D eigenvalue weighted by molar-refractivity contribution is -0.123. The highest BCUT2D eigenvalue weighted by atomic mass is 19.1. The summed E-state index contributed by atoms with van der Waals surface area (Å²) in [7, 11) is 3.01. The van der Waals surface area contributed by atoms with Crippen molar-refractivity contribution in [3.05, 3.63) is 35.6 Å². The lowest BCUT2D eigenvalue weighted by Crippen LogP contribution is -2.48. The van der Waals surface area contributed by atoms with E-state index in [2.05, 4.69) is 20.9 Å². The number of aromatic nitrogens is 1. The van der Waals surface area contributed by atoms with Crippen molar-refractivity contribution >= 4 is 29.1 Å². The zero-order valence-corrected chi connectivity index (χ0v) is 22.5. The van der Waals surface area contributed by atoms with E-state index >= 15 is 4.39 Å². The molecular formula is C26H38FN5O5. The topological polar surface area (TPSA) is 137 Å². The Morgan fingerprint density at radius 1 is 1.08 bits per heavy atom. The van der Waals surface area contributed by atoms with Crippen molar-refractivity contribution in [2.45, 2.75) is 53.1 Å². The number of ether oxygens (including phenoxy) is 3. The van der Waals surface area contributed by atoms with Gasteiger partial charge in [-0.3, -0.25) is 9.59 Å². The minimum atomic E-state index is -0.857. The molecule has 0 saturated carbocycles. The number of pyridine rings is 1. The summed E-state index contributed by atoms with van der Waals surface area (Å²) in [5.74, 6) is -0.870. The van der Waals surface area contributed by atoms with Crippen LogP contribution >= 0.6 is 0 Å². The molecule has 37 heavy (non-hydrogen) atoms. The lowest BCUT2D eigenvalue weighted by Gasteiger charge is -2.28. The lowest BCUT2D eigenvalue weighted by atomic mass is 9.91. The number of hydrogen-bond acceptors (Lipinski definition) is 8. The van der Waals surface area contributed by atoms with Crippen LogP contribution in [0.3, 0.4) is 0 Å². The molecule has 2 atom stereocenters. The van der Waals surface area contributed by atoms with Gasteiger partial charge in [0, 0.05) is 43.0 Å². The van der Waals surface area contributed by atoms with Crippen LogP contribution in [0.4, 0.5) is 21.7 Å². The van der Waals surface area contributed by atoms with Gasteiger partial charge in [-0.1, -0.05) is 20.8 Å². The molecule has 0 bridgehead atoms. The first-order valence-corrected chi connectivity index (χ1v) is 12.0. The number of amides is 2. The van der Waals surface area contributed by atoms with E-state index in [1.807, 2.05) is 27.7 Å². The summed E-state index contributed by atoms with van der Waals surface area (Å²) in [6, 6.07) is 5.08. The molecule has 2 aromatic rings. The van der Waals surface area contributed by atoms with Gasteiger partial charge < -0.3 is 35.9 Å². The van der Waals surface area contributed by atoms with Gasteiger partial charge in [0.2, 0.25) is 5.91 Å². The standard InChI is InChI=1S/C26H38FN5O5/c1-8-37-14-21(15(2)29-22(33)13-26(3,4)5)31-25-20(27)12-19(23(28)34)24(32-25)30-16-9-17(35-6)11-18(10-16)36-7/h9-12,15,21H,8,13-14H2,1-7H3,(H2,28,34)(H,29,33)(H2,30,31,32)/t15-,21?/m0/s1. The van der Waals surface area contributed by atoms with Gasteiger partial charge in [-0.05, 0) is 25.3 Å². The van der Waals surface area contributed by atoms with E-state index < -0.39 is 23.8 Å². The molecule has 0 aliphatic heterocycles. The Hall–Kier alpha value is -3.60. The van der Waals surface area contributed by atoms with Gasteiger partial charge in [-0.2, -0.15) is 0 Å². The van der Waals surface area contributed by atoms with Crippen molar-refractivity contribution in [3.8, 4) is 11.5 Å². The molecule has 0 radical (unpaired) electrons. The number of primary amides is 1. The van der Waals surface area contributed by atoms with E-state index in [1.165, 1.54) is 14.2 Å². The molecule has 0 fully saturated rings. The molecule has 2 amide bonds. The molecule has 10 nitrogen and oxygen atoms in total. The Labute approximate surface area is 217 Å². The van der Waals surface area contributed by atoms with E-state index in [4.69, 9.17) is 19.9 Å². The van der Waals surface area contributed by atoms with E-state index in [0.29, 0.717) is 30.2 Å². The summed E-state index contributed by atoms with van der Waals surface area (Å²) >= 11 is 0. The number of anilines is 3. The number of methoxy groups -OCH3 is 2. The second-order valence-electron chi connectivity index (χ2n) is 9.81. The fraction of sp³-hybridized carbons (Fsp3) is 0.500. The zero-order valence-electron chi connectivity index (χ0n) is 22.5. The number of carbonyl (C=O) groups is 2. The minimum Gasteiger partial charge on any atom is -0.497 e. The van der Waals surface area contributed by atoms with E-state index in [1.54, 1.807) is 25.1 Å². The van der Waals surface area contributed by atoms with Crippen LogP contribution in [-0.4, -0.2) is 56.3 Å². The maximum Gasteiger partial charge on any atom is 0.252 e. The molecule has 1 aromatic carbocycles. The van der Waals surface area contributed by atoms with Crippen molar-refractivity contribution in [2.75, 3.05) is 38.1 Å². The van der Waals surface area contributed by atoms with Crippen LogP contribution in [0.5, 0.6) is 11.5 Å².